The number of thioether (sulfide) groups is 1. The van der Waals surface area contributed by atoms with Crippen LogP contribution in [0, 0.1) is 0 Å². The second-order valence-electron chi connectivity index (χ2n) is 4.35. The van der Waals surface area contributed by atoms with E-state index in [0.29, 0.717) is 54.3 Å². The summed E-state index contributed by atoms with van der Waals surface area (Å²) in [6.07, 6.45) is 0. The lowest BCUT2D eigenvalue weighted by Gasteiger charge is -2.34. The smallest absolute Gasteiger partial charge is 0.288 e. The van der Waals surface area contributed by atoms with Crippen molar-refractivity contribution in [3.8, 4) is 0 Å². The van der Waals surface area contributed by atoms with Gasteiger partial charge >= 0.3 is 0 Å². The number of aliphatic hydroxyl groups is 1. The average molecular weight is 322 g/mol. The molecular weight excluding hydrogens is 306 g/mol. The van der Waals surface area contributed by atoms with Gasteiger partial charge in [-0.3, -0.25) is 9.69 Å². The number of carbonyl (C=O) groups excluding carboxylic acids is 1. The molecule has 1 aliphatic heterocycles. The molecule has 1 aromatic rings. The van der Waals surface area contributed by atoms with Gasteiger partial charge in [0.25, 0.3) is 11.7 Å². The first-order valence-corrected chi connectivity index (χ1v) is 8.02. The maximum absolute atomic E-state index is 12.4. The summed E-state index contributed by atoms with van der Waals surface area (Å²) in [4.78, 5) is 16.9. The Kier molecular flexibility index (Phi) is 5.76. The topological polar surface area (TPSA) is 43.8 Å². The minimum atomic E-state index is -2.52. The number of nitrogens with zero attached hydrogens (tertiary/aromatic N) is 2. The molecule has 2 heterocycles. The molecule has 0 bridgehead atoms. The molecule has 0 aliphatic carbocycles. The Labute approximate surface area is 124 Å². The van der Waals surface area contributed by atoms with Crippen molar-refractivity contribution in [1.29, 1.82) is 0 Å². The van der Waals surface area contributed by atoms with Crippen LogP contribution in [0.1, 0.15) is 9.67 Å². The molecule has 1 aliphatic rings. The van der Waals surface area contributed by atoms with Gasteiger partial charge in [0, 0.05) is 37.6 Å². The molecule has 1 amide bonds. The maximum atomic E-state index is 12.4. The predicted molar refractivity (Wildman–Crippen MR) is 75.6 cm³/mol. The summed E-state index contributed by atoms with van der Waals surface area (Å²) in [5.74, 6) is -2.69. The molecule has 4 nitrogen and oxygen atoms in total. The molecule has 0 aromatic carbocycles. The van der Waals surface area contributed by atoms with Crippen molar-refractivity contribution in [3.05, 3.63) is 16.3 Å². The van der Waals surface area contributed by atoms with Crippen LogP contribution >= 0.6 is 23.1 Å². The molecule has 2 rings (SSSR count). The molecule has 0 spiro atoms. The zero-order valence-electron chi connectivity index (χ0n) is 10.8. The standard InChI is InChI=1S/C12H16F2N2O2S2/c13-12(14)20-9-1-8-19-10(9)11(18)16-4-2-15(3-5-16)6-7-17/h1,8,12,17H,2-7H2. The summed E-state index contributed by atoms with van der Waals surface area (Å²) in [7, 11) is 0. The van der Waals surface area contributed by atoms with E-state index in [-0.39, 0.29) is 12.5 Å². The predicted octanol–water partition coefficient (Wildman–Crippen LogP) is 1.81. The quantitative estimate of drug-likeness (QED) is 0.840. The number of rotatable bonds is 5. The number of hydrogen-bond acceptors (Lipinski definition) is 5. The van der Waals surface area contributed by atoms with E-state index in [0.717, 1.165) is 0 Å². The van der Waals surface area contributed by atoms with Crippen LogP contribution in [0.5, 0.6) is 0 Å². The Morgan fingerprint density at radius 2 is 2.10 bits per heavy atom. The van der Waals surface area contributed by atoms with Gasteiger partial charge in [-0.05, 0) is 11.4 Å². The second-order valence-corrected chi connectivity index (χ2v) is 6.30. The third-order valence-corrected chi connectivity index (χ3v) is 4.92. The van der Waals surface area contributed by atoms with E-state index in [1.165, 1.54) is 11.3 Å². The molecule has 8 heteroatoms. The fourth-order valence-corrected chi connectivity index (χ4v) is 3.76. The number of alkyl halides is 2. The van der Waals surface area contributed by atoms with Crippen LogP contribution in [-0.4, -0.2) is 65.9 Å². The van der Waals surface area contributed by atoms with Gasteiger partial charge in [-0.1, -0.05) is 11.8 Å². The summed E-state index contributed by atoms with van der Waals surface area (Å²) in [5.41, 5.74) is 0. The zero-order valence-corrected chi connectivity index (χ0v) is 12.4. The fourth-order valence-electron chi connectivity index (χ4n) is 2.10. The highest BCUT2D eigenvalue weighted by Gasteiger charge is 2.25. The molecule has 112 valence electrons. The molecule has 1 fully saturated rings. The lowest BCUT2D eigenvalue weighted by molar-refractivity contribution is 0.0616. The molecule has 0 unspecified atom stereocenters. The molecular formula is C12H16F2N2O2S2. The van der Waals surface area contributed by atoms with Crippen LogP contribution in [0.15, 0.2) is 16.3 Å². The number of hydrogen-bond donors (Lipinski definition) is 1. The third kappa shape index (κ3) is 3.91. The summed E-state index contributed by atoms with van der Waals surface area (Å²) < 4.78 is 24.9. The average Bonchev–Trinajstić information content (AvgIpc) is 2.86. The van der Waals surface area contributed by atoms with Crippen molar-refractivity contribution in [2.24, 2.45) is 0 Å². The first kappa shape index (κ1) is 15.7. The number of aliphatic hydroxyl groups excluding tert-OH is 1. The van der Waals surface area contributed by atoms with E-state index in [2.05, 4.69) is 4.90 Å². The van der Waals surface area contributed by atoms with Gasteiger partial charge in [0.2, 0.25) is 0 Å². The Morgan fingerprint density at radius 1 is 1.40 bits per heavy atom. The Hall–Kier alpha value is -0.700. The zero-order chi connectivity index (χ0) is 14.5. The van der Waals surface area contributed by atoms with Crippen molar-refractivity contribution in [3.63, 3.8) is 0 Å². The van der Waals surface area contributed by atoms with Gasteiger partial charge in [-0.15, -0.1) is 11.3 Å². The summed E-state index contributed by atoms with van der Waals surface area (Å²) in [6, 6.07) is 1.57. The van der Waals surface area contributed by atoms with Gasteiger partial charge in [0.05, 0.1) is 6.61 Å². The van der Waals surface area contributed by atoms with E-state index in [1.54, 1.807) is 16.3 Å². The van der Waals surface area contributed by atoms with Gasteiger partial charge in [-0.2, -0.15) is 8.78 Å². The van der Waals surface area contributed by atoms with E-state index < -0.39 is 5.76 Å². The first-order valence-electron chi connectivity index (χ1n) is 6.26. The minimum Gasteiger partial charge on any atom is -0.395 e. The monoisotopic (exact) mass is 322 g/mol. The Morgan fingerprint density at radius 3 is 2.70 bits per heavy atom. The fraction of sp³-hybridized carbons (Fsp3) is 0.583. The minimum absolute atomic E-state index is 0.105. The van der Waals surface area contributed by atoms with Gasteiger partial charge in [-0.25, -0.2) is 0 Å². The largest absolute Gasteiger partial charge is 0.395 e. The summed E-state index contributed by atoms with van der Waals surface area (Å²) in [6.45, 7) is 3.25. The van der Waals surface area contributed by atoms with Crippen LogP contribution in [0.2, 0.25) is 0 Å². The van der Waals surface area contributed by atoms with E-state index in [1.807, 2.05) is 0 Å². The molecule has 0 radical (unpaired) electrons. The Bertz CT molecular complexity index is 448. The van der Waals surface area contributed by atoms with Crippen molar-refractivity contribution >= 4 is 29.0 Å². The summed E-state index contributed by atoms with van der Waals surface area (Å²) in [5, 5.41) is 10.5. The molecule has 1 N–H and O–H groups in total. The number of thiophene rings is 1. The Balaban J connectivity index is 1.97. The van der Waals surface area contributed by atoms with Crippen LogP contribution in [0.25, 0.3) is 0 Å². The SMILES string of the molecule is O=C(c1sccc1SC(F)F)N1CCN(CCO)CC1. The number of piperazine rings is 1. The van der Waals surface area contributed by atoms with Gasteiger partial charge < -0.3 is 10.0 Å². The molecule has 1 aromatic heterocycles. The van der Waals surface area contributed by atoms with Gasteiger partial charge in [0.1, 0.15) is 4.88 Å². The highest BCUT2D eigenvalue weighted by Crippen LogP contribution is 2.32. The summed E-state index contributed by atoms with van der Waals surface area (Å²) >= 11 is 1.62. The van der Waals surface area contributed by atoms with Crippen molar-refractivity contribution in [2.45, 2.75) is 10.7 Å². The highest BCUT2D eigenvalue weighted by molar-refractivity contribution is 7.99. The number of β-amino-alcohol motifs (C(OH)–C–C–N with tert-alkyl or cyclic N) is 1. The number of halogens is 2. The van der Waals surface area contributed by atoms with Crippen LogP contribution < -0.4 is 0 Å². The molecule has 1 saturated heterocycles. The van der Waals surface area contributed by atoms with Crippen molar-refractivity contribution in [1.82, 2.24) is 9.80 Å². The molecule has 20 heavy (non-hydrogen) atoms. The van der Waals surface area contributed by atoms with E-state index >= 15 is 0 Å². The lowest BCUT2D eigenvalue weighted by Crippen LogP contribution is -2.49. The highest BCUT2D eigenvalue weighted by atomic mass is 32.2. The van der Waals surface area contributed by atoms with Crippen molar-refractivity contribution < 1.29 is 18.7 Å². The molecule has 0 saturated carbocycles. The number of carbonyl (C=O) groups is 1. The van der Waals surface area contributed by atoms with E-state index in [4.69, 9.17) is 5.11 Å². The molecule has 0 atom stereocenters. The first-order chi connectivity index (χ1) is 9.61. The van der Waals surface area contributed by atoms with Crippen molar-refractivity contribution in [2.75, 3.05) is 39.3 Å². The van der Waals surface area contributed by atoms with Crippen LogP contribution in [0.4, 0.5) is 8.78 Å². The number of amides is 1. The van der Waals surface area contributed by atoms with Gasteiger partial charge in [0.15, 0.2) is 0 Å². The lowest BCUT2D eigenvalue weighted by atomic mass is 10.3. The van der Waals surface area contributed by atoms with Crippen LogP contribution in [0.3, 0.4) is 0 Å². The normalized spacial score (nSPS) is 16.9. The van der Waals surface area contributed by atoms with E-state index in [9.17, 15) is 13.6 Å². The van der Waals surface area contributed by atoms with Crippen LogP contribution in [-0.2, 0) is 0 Å². The second kappa shape index (κ2) is 7.35. The third-order valence-electron chi connectivity index (χ3n) is 3.12. The maximum Gasteiger partial charge on any atom is 0.288 e.